The third kappa shape index (κ3) is 4.90. The number of hydrogen-bond donors (Lipinski definition) is 0. The average molecular weight is 341 g/mol. The minimum Gasteiger partial charge on any atom is -0.339 e. The molecule has 0 unspecified atom stereocenters. The van der Waals surface area contributed by atoms with Gasteiger partial charge in [-0.3, -0.25) is 9.69 Å². The largest absolute Gasteiger partial charge is 0.339 e. The highest BCUT2D eigenvalue weighted by molar-refractivity contribution is 8.00. The van der Waals surface area contributed by atoms with Crippen molar-refractivity contribution >= 4 is 29.3 Å². The molecule has 0 aromatic heterocycles. The molecule has 1 amide bonds. The number of halogens is 1. The topological polar surface area (TPSA) is 23.6 Å². The first kappa shape index (κ1) is 17.6. The molecule has 0 saturated carbocycles. The van der Waals surface area contributed by atoms with Crippen LogP contribution in [0.2, 0.25) is 5.02 Å². The minimum absolute atomic E-state index is 0.240. The van der Waals surface area contributed by atoms with E-state index in [1.165, 1.54) is 12.8 Å². The van der Waals surface area contributed by atoms with Crippen molar-refractivity contribution in [3.05, 3.63) is 29.3 Å². The molecule has 0 spiro atoms. The smallest absolute Gasteiger partial charge is 0.233 e. The molecule has 2 rings (SSSR count). The quantitative estimate of drug-likeness (QED) is 0.736. The van der Waals surface area contributed by atoms with Crippen LogP contribution in [0.3, 0.4) is 0 Å². The number of benzene rings is 1. The van der Waals surface area contributed by atoms with Gasteiger partial charge in [0.05, 0.1) is 5.75 Å². The summed E-state index contributed by atoms with van der Waals surface area (Å²) < 4.78 is 0. The maximum atomic E-state index is 12.3. The Labute approximate surface area is 143 Å². The minimum atomic E-state index is 0.240. The third-order valence-corrected chi connectivity index (χ3v) is 5.55. The first-order valence-electron chi connectivity index (χ1n) is 8.04. The number of piperazine rings is 1. The van der Waals surface area contributed by atoms with E-state index in [-0.39, 0.29) is 5.91 Å². The Bertz CT molecular complexity index is 468. The highest BCUT2D eigenvalue weighted by Crippen LogP contribution is 2.21. The summed E-state index contributed by atoms with van der Waals surface area (Å²) in [5.74, 6) is 0.747. The van der Waals surface area contributed by atoms with Gasteiger partial charge in [-0.05, 0) is 37.1 Å². The predicted molar refractivity (Wildman–Crippen MR) is 94.7 cm³/mol. The standard InChI is InChI=1S/C17H25ClN2OS/c1-3-15(4-2)19-9-11-20(12-10-19)17(21)13-22-16-7-5-14(18)6-8-16/h5-8,15H,3-4,9-13H2,1-2H3. The Hall–Kier alpha value is -0.710. The summed E-state index contributed by atoms with van der Waals surface area (Å²) in [6.07, 6.45) is 2.38. The molecule has 1 heterocycles. The van der Waals surface area contributed by atoms with Crippen LogP contribution in [-0.2, 0) is 4.79 Å². The fraction of sp³-hybridized carbons (Fsp3) is 0.588. The lowest BCUT2D eigenvalue weighted by molar-refractivity contribution is -0.130. The summed E-state index contributed by atoms with van der Waals surface area (Å²) in [6, 6.07) is 8.32. The second-order valence-electron chi connectivity index (χ2n) is 5.63. The van der Waals surface area contributed by atoms with Crippen LogP contribution in [0, 0.1) is 0 Å². The first-order valence-corrected chi connectivity index (χ1v) is 9.40. The summed E-state index contributed by atoms with van der Waals surface area (Å²) in [7, 11) is 0. The SMILES string of the molecule is CCC(CC)N1CCN(C(=O)CSc2ccc(Cl)cc2)CC1. The van der Waals surface area contributed by atoms with Crippen LogP contribution in [0.5, 0.6) is 0 Å². The molecular formula is C17H25ClN2OS. The zero-order valence-corrected chi connectivity index (χ0v) is 15.0. The Kier molecular flexibility index (Phi) is 7.06. The Morgan fingerprint density at radius 2 is 1.73 bits per heavy atom. The van der Waals surface area contributed by atoms with Crippen molar-refractivity contribution in [3.8, 4) is 0 Å². The Morgan fingerprint density at radius 1 is 1.14 bits per heavy atom. The van der Waals surface area contributed by atoms with E-state index in [4.69, 9.17) is 11.6 Å². The summed E-state index contributed by atoms with van der Waals surface area (Å²) in [5.41, 5.74) is 0. The lowest BCUT2D eigenvalue weighted by Crippen LogP contribution is -2.52. The number of nitrogens with zero attached hydrogens (tertiary/aromatic N) is 2. The molecule has 122 valence electrons. The van der Waals surface area contributed by atoms with Crippen LogP contribution in [0.1, 0.15) is 26.7 Å². The van der Waals surface area contributed by atoms with Crippen molar-refractivity contribution in [2.75, 3.05) is 31.9 Å². The van der Waals surface area contributed by atoms with E-state index in [0.29, 0.717) is 11.8 Å². The summed E-state index contributed by atoms with van der Waals surface area (Å²) in [4.78, 5) is 17.9. The van der Waals surface area contributed by atoms with Gasteiger partial charge in [-0.25, -0.2) is 0 Å². The molecular weight excluding hydrogens is 316 g/mol. The van der Waals surface area contributed by atoms with Crippen LogP contribution in [0.25, 0.3) is 0 Å². The summed E-state index contributed by atoms with van der Waals surface area (Å²) in [5, 5.41) is 0.730. The number of carbonyl (C=O) groups is 1. The number of amides is 1. The monoisotopic (exact) mass is 340 g/mol. The van der Waals surface area contributed by atoms with Gasteiger partial charge in [0.25, 0.3) is 0 Å². The molecule has 1 aliphatic rings. The van der Waals surface area contributed by atoms with Crippen LogP contribution in [-0.4, -0.2) is 53.7 Å². The summed E-state index contributed by atoms with van der Waals surface area (Å²) in [6.45, 7) is 8.21. The van der Waals surface area contributed by atoms with Crippen molar-refractivity contribution in [3.63, 3.8) is 0 Å². The number of hydrogen-bond acceptors (Lipinski definition) is 3. The van der Waals surface area contributed by atoms with Crippen molar-refractivity contribution in [2.24, 2.45) is 0 Å². The van der Waals surface area contributed by atoms with E-state index in [9.17, 15) is 4.79 Å². The van der Waals surface area contributed by atoms with E-state index >= 15 is 0 Å². The van der Waals surface area contributed by atoms with E-state index in [1.807, 2.05) is 29.2 Å². The second-order valence-corrected chi connectivity index (χ2v) is 7.11. The Balaban J connectivity index is 1.76. The zero-order valence-electron chi connectivity index (χ0n) is 13.4. The molecule has 1 fully saturated rings. The van der Waals surface area contributed by atoms with Crippen molar-refractivity contribution in [2.45, 2.75) is 37.6 Å². The number of rotatable bonds is 6. The number of carbonyl (C=O) groups excluding carboxylic acids is 1. The van der Waals surface area contributed by atoms with E-state index in [1.54, 1.807) is 11.8 Å². The molecule has 3 nitrogen and oxygen atoms in total. The third-order valence-electron chi connectivity index (χ3n) is 4.30. The zero-order chi connectivity index (χ0) is 15.9. The highest BCUT2D eigenvalue weighted by Gasteiger charge is 2.24. The lowest BCUT2D eigenvalue weighted by atomic mass is 10.1. The molecule has 0 radical (unpaired) electrons. The fourth-order valence-corrected chi connectivity index (χ4v) is 3.84. The average Bonchev–Trinajstić information content (AvgIpc) is 2.56. The predicted octanol–water partition coefficient (Wildman–Crippen LogP) is 3.76. The normalized spacial score (nSPS) is 16.3. The Morgan fingerprint density at radius 3 is 2.27 bits per heavy atom. The van der Waals surface area contributed by atoms with Crippen LogP contribution < -0.4 is 0 Å². The first-order chi connectivity index (χ1) is 10.6. The molecule has 0 N–H and O–H groups in total. The maximum absolute atomic E-state index is 12.3. The van der Waals surface area contributed by atoms with Gasteiger partial charge in [0.2, 0.25) is 5.91 Å². The highest BCUT2D eigenvalue weighted by atomic mass is 35.5. The van der Waals surface area contributed by atoms with Gasteiger partial charge < -0.3 is 4.90 Å². The van der Waals surface area contributed by atoms with Crippen LogP contribution in [0.15, 0.2) is 29.2 Å². The van der Waals surface area contributed by atoms with Crippen molar-refractivity contribution in [1.82, 2.24) is 9.80 Å². The van der Waals surface area contributed by atoms with Crippen LogP contribution in [0.4, 0.5) is 0 Å². The van der Waals surface area contributed by atoms with Crippen LogP contribution >= 0.6 is 23.4 Å². The molecule has 0 bridgehead atoms. The molecule has 1 aliphatic heterocycles. The lowest BCUT2D eigenvalue weighted by Gasteiger charge is -2.38. The van der Waals surface area contributed by atoms with Gasteiger partial charge in [-0.2, -0.15) is 0 Å². The molecule has 5 heteroatoms. The molecule has 1 aromatic rings. The molecule has 1 saturated heterocycles. The molecule has 1 aromatic carbocycles. The van der Waals surface area contributed by atoms with E-state index in [2.05, 4.69) is 18.7 Å². The van der Waals surface area contributed by atoms with E-state index < -0.39 is 0 Å². The second kappa shape index (κ2) is 8.80. The van der Waals surface area contributed by atoms with Gasteiger partial charge >= 0.3 is 0 Å². The summed E-state index contributed by atoms with van der Waals surface area (Å²) >= 11 is 7.45. The van der Waals surface area contributed by atoms with Gasteiger partial charge in [0.1, 0.15) is 0 Å². The van der Waals surface area contributed by atoms with Gasteiger partial charge in [0.15, 0.2) is 0 Å². The molecule has 0 atom stereocenters. The number of thioether (sulfide) groups is 1. The van der Waals surface area contributed by atoms with Crippen molar-refractivity contribution < 1.29 is 4.79 Å². The molecule has 0 aliphatic carbocycles. The molecule has 22 heavy (non-hydrogen) atoms. The fourth-order valence-electron chi connectivity index (χ4n) is 2.91. The van der Waals surface area contributed by atoms with Crippen molar-refractivity contribution in [1.29, 1.82) is 0 Å². The maximum Gasteiger partial charge on any atom is 0.233 e. The van der Waals surface area contributed by atoms with Gasteiger partial charge in [-0.1, -0.05) is 25.4 Å². The van der Waals surface area contributed by atoms with E-state index in [0.717, 1.165) is 36.1 Å². The van der Waals surface area contributed by atoms with Gasteiger partial charge in [0, 0.05) is 42.1 Å². The van der Waals surface area contributed by atoms with Gasteiger partial charge in [-0.15, -0.1) is 11.8 Å².